The summed E-state index contributed by atoms with van der Waals surface area (Å²) in [7, 11) is 0. The average molecular weight is 730 g/mol. The van der Waals surface area contributed by atoms with E-state index in [0.717, 1.165) is 79.6 Å². The molecule has 4 aromatic rings. The predicted octanol–water partition coefficient (Wildman–Crippen LogP) is 5.16. The van der Waals surface area contributed by atoms with Crippen LogP contribution in [0.4, 0.5) is 5.69 Å². The Morgan fingerprint density at radius 1 is 0.942 bits per heavy atom. The first-order valence-electron chi connectivity index (χ1n) is 18.1. The summed E-state index contributed by atoms with van der Waals surface area (Å²) in [6.45, 7) is 10.6. The lowest BCUT2D eigenvalue weighted by molar-refractivity contribution is -0.130. The second-order valence-corrected chi connectivity index (χ2v) is 13.4. The van der Waals surface area contributed by atoms with E-state index in [1.165, 1.54) is 0 Å². The number of rotatable bonds is 16. The standard InChI is InChI=1S/C39H51N9O3.ClH/c1-4-48(5-2)22-6-21-41-37(49)32-17-20-34(26(3)23-32)29-11-7-27(8-12-29)24-35(43-38(50)31-13-9-28(25-40)10-14-31)39(51)42-33-18-15-30(16-19-33)36-44-46-47-45-36;/h7-8,11-12,15-20,23,28,31,35H,4-6,9-10,13-14,21-22,24-25,40H2,1-3H3,(H,41,49)(H,42,51)(H,43,50)(H,44,45,46,47);1H/t28-,31-,35-;/m0./s1. The Kier molecular flexibility index (Phi) is 15.3. The molecule has 1 aliphatic carbocycles. The van der Waals surface area contributed by atoms with Gasteiger partial charge in [-0.25, -0.2) is 0 Å². The third-order valence-corrected chi connectivity index (χ3v) is 9.96. The van der Waals surface area contributed by atoms with E-state index in [2.05, 4.69) is 55.3 Å². The fraction of sp³-hybridized carbons (Fsp3) is 0.436. The summed E-state index contributed by atoms with van der Waals surface area (Å²) in [5, 5.41) is 23.1. The minimum Gasteiger partial charge on any atom is -0.352 e. The van der Waals surface area contributed by atoms with Crippen LogP contribution in [0, 0.1) is 18.8 Å². The minimum atomic E-state index is -0.779. The average Bonchev–Trinajstić information content (AvgIpc) is 3.70. The molecule has 5 rings (SSSR count). The quantitative estimate of drug-likeness (QED) is 0.0986. The van der Waals surface area contributed by atoms with Crippen LogP contribution in [0.2, 0.25) is 0 Å². The maximum absolute atomic E-state index is 13.7. The number of aryl methyl sites for hydroxylation is 1. The van der Waals surface area contributed by atoms with Crippen molar-refractivity contribution in [3.05, 3.63) is 83.4 Å². The highest BCUT2D eigenvalue weighted by atomic mass is 35.5. The number of carbonyl (C=O) groups is 3. The number of halogens is 1. The number of H-pyrrole nitrogens is 1. The van der Waals surface area contributed by atoms with Crippen molar-refractivity contribution in [2.75, 3.05) is 38.0 Å². The van der Waals surface area contributed by atoms with Crippen molar-refractivity contribution >= 4 is 35.8 Å². The molecule has 0 aliphatic heterocycles. The van der Waals surface area contributed by atoms with E-state index in [1.54, 1.807) is 24.3 Å². The smallest absolute Gasteiger partial charge is 0.251 e. The first-order chi connectivity index (χ1) is 24.8. The molecule has 0 unspecified atom stereocenters. The zero-order valence-electron chi connectivity index (χ0n) is 30.4. The van der Waals surface area contributed by atoms with Crippen molar-refractivity contribution in [1.82, 2.24) is 36.2 Å². The fourth-order valence-electron chi connectivity index (χ4n) is 6.71. The normalized spacial score (nSPS) is 16.1. The molecule has 1 saturated carbocycles. The van der Waals surface area contributed by atoms with Gasteiger partial charge in [-0.05, 0) is 135 Å². The van der Waals surface area contributed by atoms with Crippen molar-refractivity contribution in [2.24, 2.45) is 17.6 Å². The molecule has 12 nitrogen and oxygen atoms in total. The van der Waals surface area contributed by atoms with Crippen molar-refractivity contribution < 1.29 is 14.4 Å². The predicted molar refractivity (Wildman–Crippen MR) is 207 cm³/mol. The molecule has 278 valence electrons. The number of hydrogen-bond acceptors (Lipinski definition) is 8. The number of aromatic nitrogens is 4. The van der Waals surface area contributed by atoms with E-state index in [9.17, 15) is 14.4 Å². The summed E-state index contributed by atoms with van der Waals surface area (Å²) < 4.78 is 0. The summed E-state index contributed by atoms with van der Waals surface area (Å²) in [4.78, 5) is 42.3. The van der Waals surface area contributed by atoms with E-state index >= 15 is 0 Å². The molecule has 1 aliphatic rings. The van der Waals surface area contributed by atoms with Gasteiger partial charge < -0.3 is 26.6 Å². The van der Waals surface area contributed by atoms with Crippen LogP contribution in [-0.4, -0.2) is 82.0 Å². The van der Waals surface area contributed by atoms with E-state index in [4.69, 9.17) is 5.73 Å². The van der Waals surface area contributed by atoms with Gasteiger partial charge in [0.15, 0.2) is 0 Å². The maximum atomic E-state index is 13.7. The summed E-state index contributed by atoms with van der Waals surface area (Å²) in [6, 6.07) is 20.2. The zero-order chi connectivity index (χ0) is 36.2. The molecule has 13 heteroatoms. The molecule has 1 fully saturated rings. The second-order valence-electron chi connectivity index (χ2n) is 13.4. The van der Waals surface area contributed by atoms with Gasteiger partial charge in [0, 0.05) is 35.7 Å². The first-order valence-corrected chi connectivity index (χ1v) is 18.1. The van der Waals surface area contributed by atoms with Crippen molar-refractivity contribution in [3.63, 3.8) is 0 Å². The molecular formula is C39H52ClN9O3. The molecule has 3 amide bonds. The summed E-state index contributed by atoms with van der Waals surface area (Å²) >= 11 is 0. The SMILES string of the molecule is CCN(CC)CCCNC(=O)c1ccc(-c2ccc(C[C@H](NC(=O)[C@H]3CC[C@H](CN)CC3)C(=O)Nc3ccc(-c4nn[nH]n4)cc3)cc2)c(C)c1.Cl. The van der Waals surface area contributed by atoms with Crippen LogP contribution in [0.15, 0.2) is 66.7 Å². The lowest BCUT2D eigenvalue weighted by Gasteiger charge is -2.28. The van der Waals surface area contributed by atoms with Crippen molar-refractivity contribution in [3.8, 4) is 22.5 Å². The van der Waals surface area contributed by atoms with Gasteiger partial charge >= 0.3 is 0 Å². The van der Waals surface area contributed by atoms with Crippen LogP contribution in [0.25, 0.3) is 22.5 Å². The van der Waals surface area contributed by atoms with Gasteiger partial charge in [-0.15, -0.1) is 22.6 Å². The zero-order valence-corrected chi connectivity index (χ0v) is 31.2. The number of aromatic amines is 1. The summed E-state index contributed by atoms with van der Waals surface area (Å²) in [5.41, 5.74) is 11.8. The van der Waals surface area contributed by atoms with Gasteiger partial charge in [-0.2, -0.15) is 5.21 Å². The van der Waals surface area contributed by atoms with Crippen LogP contribution in [0.1, 0.15) is 67.4 Å². The lowest BCUT2D eigenvalue weighted by atomic mass is 9.81. The van der Waals surface area contributed by atoms with Gasteiger partial charge in [0.25, 0.3) is 5.91 Å². The molecule has 3 aromatic carbocycles. The van der Waals surface area contributed by atoms with E-state index in [-0.39, 0.29) is 36.0 Å². The number of nitrogens with one attached hydrogen (secondary N) is 4. The second kappa shape index (κ2) is 19.8. The minimum absolute atomic E-state index is 0. The van der Waals surface area contributed by atoms with Crippen molar-refractivity contribution in [2.45, 2.75) is 65.3 Å². The van der Waals surface area contributed by atoms with Gasteiger partial charge in [-0.3, -0.25) is 14.4 Å². The molecule has 1 aromatic heterocycles. The van der Waals surface area contributed by atoms with Crippen LogP contribution >= 0.6 is 12.4 Å². The number of anilines is 1. The molecule has 6 N–H and O–H groups in total. The highest BCUT2D eigenvalue weighted by molar-refractivity contribution is 5.98. The first kappa shape index (κ1) is 40.1. The third kappa shape index (κ3) is 10.9. The largest absolute Gasteiger partial charge is 0.352 e. The topological polar surface area (TPSA) is 171 Å². The van der Waals surface area contributed by atoms with E-state index in [0.29, 0.717) is 42.5 Å². The maximum Gasteiger partial charge on any atom is 0.251 e. The van der Waals surface area contributed by atoms with Gasteiger partial charge in [-0.1, -0.05) is 44.2 Å². The van der Waals surface area contributed by atoms with E-state index < -0.39 is 6.04 Å². The van der Waals surface area contributed by atoms with Crippen LogP contribution in [0.3, 0.4) is 0 Å². The summed E-state index contributed by atoms with van der Waals surface area (Å²) in [5.74, 6) is 0.305. The van der Waals surface area contributed by atoms with Crippen molar-refractivity contribution in [1.29, 1.82) is 0 Å². The number of hydrogen-bond donors (Lipinski definition) is 5. The number of nitrogens with zero attached hydrogens (tertiary/aromatic N) is 4. The van der Waals surface area contributed by atoms with E-state index in [1.807, 2.05) is 49.4 Å². The Labute approximate surface area is 312 Å². The molecule has 52 heavy (non-hydrogen) atoms. The monoisotopic (exact) mass is 729 g/mol. The number of carbonyl (C=O) groups excluding carboxylic acids is 3. The molecule has 0 spiro atoms. The Bertz CT molecular complexity index is 1720. The number of tetrazole rings is 1. The molecule has 0 radical (unpaired) electrons. The Morgan fingerprint density at radius 3 is 2.25 bits per heavy atom. The highest BCUT2D eigenvalue weighted by Crippen LogP contribution is 2.29. The van der Waals surface area contributed by atoms with Gasteiger partial charge in [0.2, 0.25) is 17.6 Å². The molecule has 0 saturated heterocycles. The lowest BCUT2D eigenvalue weighted by Crippen LogP contribution is -2.48. The molecule has 1 heterocycles. The Balaban J connectivity index is 0.00000605. The van der Waals surface area contributed by atoms with Crippen LogP contribution in [0.5, 0.6) is 0 Å². The Morgan fingerprint density at radius 2 is 1.63 bits per heavy atom. The van der Waals surface area contributed by atoms with Crippen LogP contribution in [-0.2, 0) is 16.0 Å². The number of nitrogens with two attached hydrogens (primary N) is 1. The fourth-order valence-corrected chi connectivity index (χ4v) is 6.71. The molecule has 0 bridgehead atoms. The van der Waals surface area contributed by atoms with Gasteiger partial charge in [0.05, 0.1) is 0 Å². The number of amides is 3. The van der Waals surface area contributed by atoms with Gasteiger partial charge in [0.1, 0.15) is 6.04 Å². The highest BCUT2D eigenvalue weighted by Gasteiger charge is 2.29. The third-order valence-electron chi connectivity index (χ3n) is 9.96. The van der Waals surface area contributed by atoms with Crippen LogP contribution < -0.4 is 21.7 Å². The summed E-state index contributed by atoms with van der Waals surface area (Å²) in [6.07, 6.45) is 4.61. The molecule has 1 atom stereocenters. The Hall–Kier alpha value is -4.65. The number of benzene rings is 3. The molecular weight excluding hydrogens is 678 g/mol.